The predicted molar refractivity (Wildman–Crippen MR) is 132 cm³/mol. The number of carboxylic acid groups (broad SMARTS) is 1. The largest absolute Gasteiger partial charge is 0.497 e. The molecule has 0 bridgehead atoms. The van der Waals surface area contributed by atoms with E-state index >= 15 is 0 Å². The van der Waals surface area contributed by atoms with Crippen LogP contribution in [0.1, 0.15) is 42.5 Å². The Morgan fingerprint density at radius 1 is 1.03 bits per heavy atom. The number of hydrogen-bond donors (Lipinski definition) is 2. The first-order chi connectivity index (χ1) is 17.6. The van der Waals surface area contributed by atoms with E-state index in [2.05, 4.69) is 5.32 Å². The Balaban J connectivity index is 1.73. The molecule has 0 heterocycles. The minimum atomic E-state index is -4.60. The second kappa shape index (κ2) is 12.6. The van der Waals surface area contributed by atoms with E-state index in [0.29, 0.717) is 12.1 Å². The fraction of sp³-hybridized carbons (Fsp3) is 0.321. The summed E-state index contributed by atoms with van der Waals surface area (Å²) in [5, 5.41) is 12.1. The van der Waals surface area contributed by atoms with E-state index in [1.165, 1.54) is 24.3 Å². The molecule has 0 amide bonds. The number of hydrogen-bond acceptors (Lipinski definition) is 4. The van der Waals surface area contributed by atoms with Crippen molar-refractivity contribution in [3.63, 3.8) is 0 Å². The summed E-state index contributed by atoms with van der Waals surface area (Å²) in [6.45, 7) is 2.47. The first kappa shape index (κ1) is 28.0. The minimum Gasteiger partial charge on any atom is -0.497 e. The monoisotopic (exact) mass is 519 g/mol. The predicted octanol–water partition coefficient (Wildman–Crippen LogP) is 6.66. The Labute approximate surface area is 213 Å². The number of aliphatic carboxylic acids is 1. The molecule has 198 valence electrons. The van der Waals surface area contributed by atoms with Crippen LogP contribution in [0.25, 0.3) is 11.1 Å². The van der Waals surface area contributed by atoms with Gasteiger partial charge in [0.1, 0.15) is 23.9 Å². The van der Waals surface area contributed by atoms with Gasteiger partial charge in [-0.2, -0.15) is 13.2 Å². The molecule has 0 radical (unpaired) electrons. The number of carboxylic acids is 1. The highest BCUT2D eigenvalue weighted by Crippen LogP contribution is 2.36. The summed E-state index contributed by atoms with van der Waals surface area (Å²) in [5.41, 5.74) is 0.967. The van der Waals surface area contributed by atoms with Gasteiger partial charge in [0.05, 0.1) is 12.7 Å². The molecule has 0 saturated carbocycles. The summed E-state index contributed by atoms with van der Waals surface area (Å²) >= 11 is 0. The third kappa shape index (κ3) is 8.21. The van der Waals surface area contributed by atoms with Crippen LogP contribution in [0.4, 0.5) is 17.6 Å². The molecule has 0 unspecified atom stereocenters. The Bertz CT molecular complexity index is 1210. The third-order valence-electron chi connectivity index (χ3n) is 5.86. The van der Waals surface area contributed by atoms with Gasteiger partial charge in [-0.3, -0.25) is 4.79 Å². The number of carbonyl (C=O) groups is 1. The Kier molecular flexibility index (Phi) is 9.52. The number of rotatable bonds is 12. The second-order valence-electron chi connectivity index (χ2n) is 8.60. The molecular formula is C28H29F4NO4. The van der Waals surface area contributed by atoms with Crippen LogP contribution >= 0.6 is 0 Å². The lowest BCUT2D eigenvalue weighted by molar-refractivity contribution is -0.138. The van der Waals surface area contributed by atoms with Crippen LogP contribution in [-0.2, 0) is 17.4 Å². The van der Waals surface area contributed by atoms with Crippen LogP contribution < -0.4 is 14.8 Å². The molecule has 0 aliphatic heterocycles. The Hall–Kier alpha value is -3.59. The number of benzene rings is 3. The van der Waals surface area contributed by atoms with Crippen LogP contribution in [0.3, 0.4) is 0 Å². The van der Waals surface area contributed by atoms with Crippen molar-refractivity contribution in [2.45, 2.75) is 38.4 Å². The standard InChI is InChI=1S/C28H29F4NO4/c1-18(19-5-3-7-24(15-19)36-2)33-11-12-37-25-16-22(14-23(17-25)28(30,31)32)20-9-10-26(29)21(13-20)6-4-8-27(34)35/h3,5,7,9-10,13-18,33H,4,6,8,11-12H2,1-2H3,(H,34,35)/t18-/m1/s1. The van der Waals surface area contributed by atoms with Crippen LogP contribution in [0.2, 0.25) is 0 Å². The number of methoxy groups -OCH3 is 1. The lowest BCUT2D eigenvalue weighted by atomic mass is 9.98. The number of halogens is 4. The molecule has 0 aromatic heterocycles. The van der Waals surface area contributed by atoms with Crippen LogP contribution in [0, 0.1) is 5.82 Å². The fourth-order valence-corrected chi connectivity index (χ4v) is 3.86. The molecule has 0 fully saturated rings. The maximum Gasteiger partial charge on any atom is 0.416 e. The summed E-state index contributed by atoms with van der Waals surface area (Å²) < 4.78 is 65.9. The summed E-state index contributed by atoms with van der Waals surface area (Å²) in [4.78, 5) is 10.8. The van der Waals surface area contributed by atoms with Crippen LogP contribution in [-0.4, -0.2) is 31.3 Å². The first-order valence-corrected chi connectivity index (χ1v) is 11.8. The lowest BCUT2D eigenvalue weighted by Crippen LogP contribution is -2.24. The average Bonchev–Trinajstić information content (AvgIpc) is 2.86. The normalized spacial score (nSPS) is 12.3. The molecule has 37 heavy (non-hydrogen) atoms. The minimum absolute atomic E-state index is 0.0328. The van der Waals surface area contributed by atoms with Crippen molar-refractivity contribution in [3.8, 4) is 22.6 Å². The molecule has 0 saturated heterocycles. The summed E-state index contributed by atoms with van der Waals surface area (Å²) in [5.74, 6) is -0.764. The van der Waals surface area contributed by atoms with Crippen molar-refractivity contribution in [1.29, 1.82) is 0 Å². The maximum absolute atomic E-state index is 14.2. The van der Waals surface area contributed by atoms with Gasteiger partial charge in [-0.15, -0.1) is 0 Å². The zero-order valence-electron chi connectivity index (χ0n) is 20.6. The fourth-order valence-electron chi connectivity index (χ4n) is 3.86. The number of aryl methyl sites for hydroxylation is 1. The van der Waals surface area contributed by atoms with Gasteiger partial charge in [-0.1, -0.05) is 18.2 Å². The molecule has 0 aliphatic carbocycles. The van der Waals surface area contributed by atoms with E-state index in [9.17, 15) is 22.4 Å². The highest BCUT2D eigenvalue weighted by molar-refractivity contribution is 5.68. The van der Waals surface area contributed by atoms with Gasteiger partial charge in [0.2, 0.25) is 0 Å². The number of ether oxygens (including phenoxy) is 2. The highest BCUT2D eigenvalue weighted by Gasteiger charge is 2.31. The molecule has 9 heteroatoms. The van der Waals surface area contributed by atoms with Gasteiger partial charge in [0, 0.05) is 19.0 Å². The molecule has 3 aromatic rings. The number of nitrogens with one attached hydrogen (secondary N) is 1. The smallest absolute Gasteiger partial charge is 0.416 e. The average molecular weight is 520 g/mol. The number of alkyl halides is 3. The molecule has 2 N–H and O–H groups in total. The second-order valence-corrected chi connectivity index (χ2v) is 8.60. The summed E-state index contributed by atoms with van der Waals surface area (Å²) in [6.07, 6.45) is -4.35. The third-order valence-corrected chi connectivity index (χ3v) is 5.86. The van der Waals surface area contributed by atoms with Crippen molar-refractivity contribution < 1.29 is 36.9 Å². The van der Waals surface area contributed by atoms with E-state index in [0.717, 1.165) is 23.4 Å². The first-order valence-electron chi connectivity index (χ1n) is 11.8. The van der Waals surface area contributed by atoms with Crippen molar-refractivity contribution >= 4 is 5.97 Å². The summed E-state index contributed by atoms with van der Waals surface area (Å²) in [7, 11) is 1.58. The van der Waals surface area contributed by atoms with E-state index in [1.54, 1.807) is 7.11 Å². The van der Waals surface area contributed by atoms with E-state index in [-0.39, 0.29) is 48.8 Å². The zero-order valence-corrected chi connectivity index (χ0v) is 20.6. The van der Waals surface area contributed by atoms with Gasteiger partial charge in [0.25, 0.3) is 0 Å². The molecule has 3 aromatic carbocycles. The van der Waals surface area contributed by atoms with Crippen LogP contribution in [0.15, 0.2) is 60.7 Å². The molecule has 5 nitrogen and oxygen atoms in total. The summed E-state index contributed by atoms with van der Waals surface area (Å²) in [6, 6.07) is 15.0. The molecule has 0 aliphatic rings. The van der Waals surface area contributed by atoms with Crippen molar-refractivity contribution in [2.75, 3.05) is 20.3 Å². The van der Waals surface area contributed by atoms with E-state index < -0.39 is 23.5 Å². The zero-order chi connectivity index (χ0) is 27.0. The SMILES string of the molecule is COc1cccc([C@@H](C)NCCOc2cc(-c3ccc(F)c(CCCC(=O)O)c3)cc(C(F)(F)F)c2)c1. The molecule has 1 atom stereocenters. The quantitative estimate of drug-likeness (QED) is 0.207. The Morgan fingerprint density at radius 3 is 2.51 bits per heavy atom. The highest BCUT2D eigenvalue weighted by atomic mass is 19.4. The van der Waals surface area contributed by atoms with Gasteiger partial charge < -0.3 is 19.9 Å². The topological polar surface area (TPSA) is 67.8 Å². The van der Waals surface area contributed by atoms with Gasteiger partial charge in [-0.05, 0) is 84.5 Å². The van der Waals surface area contributed by atoms with Crippen molar-refractivity contribution in [1.82, 2.24) is 5.32 Å². The Morgan fingerprint density at radius 2 is 1.81 bits per heavy atom. The van der Waals surface area contributed by atoms with E-state index in [4.69, 9.17) is 14.6 Å². The van der Waals surface area contributed by atoms with Gasteiger partial charge in [-0.25, -0.2) is 4.39 Å². The molecule has 3 rings (SSSR count). The van der Waals surface area contributed by atoms with Crippen molar-refractivity contribution in [2.24, 2.45) is 0 Å². The van der Waals surface area contributed by atoms with Crippen LogP contribution in [0.5, 0.6) is 11.5 Å². The maximum atomic E-state index is 14.2. The van der Waals surface area contributed by atoms with E-state index in [1.807, 2.05) is 31.2 Å². The molecule has 0 spiro atoms. The van der Waals surface area contributed by atoms with Gasteiger partial charge >= 0.3 is 12.1 Å². The van der Waals surface area contributed by atoms with Crippen molar-refractivity contribution in [3.05, 3.63) is 83.2 Å². The lowest BCUT2D eigenvalue weighted by Gasteiger charge is -2.17. The molecular weight excluding hydrogens is 490 g/mol. The van der Waals surface area contributed by atoms with Gasteiger partial charge in [0.15, 0.2) is 0 Å².